The first-order valence-electron chi connectivity index (χ1n) is 8.34. The Morgan fingerprint density at radius 1 is 1.14 bits per heavy atom. The first-order chi connectivity index (χ1) is 9.99. The Kier molecular flexibility index (Phi) is 7.81. The van der Waals surface area contributed by atoms with Crippen molar-refractivity contribution in [2.24, 2.45) is 11.8 Å². The molecular formula is C19H33NO. The van der Waals surface area contributed by atoms with Crippen LogP contribution in [-0.2, 0) is 0 Å². The van der Waals surface area contributed by atoms with E-state index in [1.165, 1.54) is 24.0 Å². The van der Waals surface area contributed by atoms with Crippen molar-refractivity contribution in [3.05, 3.63) is 29.3 Å². The van der Waals surface area contributed by atoms with Crippen LogP contribution in [-0.4, -0.2) is 20.2 Å². The second-order valence-corrected chi connectivity index (χ2v) is 6.67. The van der Waals surface area contributed by atoms with Gasteiger partial charge in [-0.2, -0.15) is 0 Å². The van der Waals surface area contributed by atoms with E-state index in [2.05, 4.69) is 58.1 Å². The lowest BCUT2D eigenvalue weighted by molar-refractivity contribution is 0.366. The van der Waals surface area contributed by atoms with Crippen molar-refractivity contribution in [2.45, 2.75) is 53.4 Å². The molecule has 0 amide bonds. The zero-order valence-electron chi connectivity index (χ0n) is 14.7. The lowest BCUT2D eigenvalue weighted by Crippen LogP contribution is -2.29. The lowest BCUT2D eigenvalue weighted by Gasteiger charge is -2.27. The maximum absolute atomic E-state index is 5.61. The van der Waals surface area contributed by atoms with E-state index in [0.717, 1.165) is 18.8 Å². The van der Waals surface area contributed by atoms with Crippen molar-refractivity contribution in [3.8, 4) is 5.75 Å². The maximum Gasteiger partial charge on any atom is 0.122 e. The van der Waals surface area contributed by atoms with Gasteiger partial charge in [-0.05, 0) is 36.9 Å². The summed E-state index contributed by atoms with van der Waals surface area (Å²) in [5.41, 5.74) is 2.66. The van der Waals surface area contributed by atoms with Gasteiger partial charge in [0.2, 0.25) is 0 Å². The topological polar surface area (TPSA) is 21.3 Å². The molecule has 2 heteroatoms. The van der Waals surface area contributed by atoms with Crippen LogP contribution in [0.25, 0.3) is 0 Å². The molecule has 0 spiro atoms. The zero-order valence-corrected chi connectivity index (χ0v) is 14.7. The van der Waals surface area contributed by atoms with Crippen LogP contribution < -0.4 is 10.1 Å². The van der Waals surface area contributed by atoms with E-state index in [4.69, 9.17) is 4.74 Å². The second kappa shape index (κ2) is 9.09. The third-order valence-electron chi connectivity index (χ3n) is 4.13. The number of benzene rings is 1. The third kappa shape index (κ3) is 5.70. The molecule has 0 bridgehead atoms. The molecule has 1 rings (SSSR count). The number of nitrogens with one attached hydrogen (secondary N) is 1. The van der Waals surface area contributed by atoms with Crippen molar-refractivity contribution in [1.82, 2.24) is 5.32 Å². The summed E-state index contributed by atoms with van der Waals surface area (Å²) in [6.07, 6.45) is 2.49. The minimum absolute atomic E-state index is 0.513. The van der Waals surface area contributed by atoms with Crippen molar-refractivity contribution in [3.63, 3.8) is 0 Å². The van der Waals surface area contributed by atoms with Crippen molar-refractivity contribution in [2.75, 3.05) is 20.2 Å². The van der Waals surface area contributed by atoms with Gasteiger partial charge in [0.1, 0.15) is 5.75 Å². The fourth-order valence-electron chi connectivity index (χ4n) is 2.95. The van der Waals surface area contributed by atoms with E-state index in [0.29, 0.717) is 17.8 Å². The highest BCUT2D eigenvalue weighted by Gasteiger charge is 2.22. The average Bonchev–Trinajstić information content (AvgIpc) is 2.43. The molecule has 2 atom stereocenters. The summed E-state index contributed by atoms with van der Waals surface area (Å²) < 4.78 is 5.61. The molecule has 1 aromatic carbocycles. The number of hydrogen-bond donors (Lipinski definition) is 1. The largest absolute Gasteiger partial charge is 0.496 e. The first kappa shape index (κ1) is 18.0. The Balaban J connectivity index is 2.96. The molecule has 0 aliphatic heterocycles. The summed E-state index contributed by atoms with van der Waals surface area (Å²) in [5.74, 6) is 2.88. The van der Waals surface area contributed by atoms with Crippen LogP contribution in [0.4, 0.5) is 0 Å². The summed E-state index contributed by atoms with van der Waals surface area (Å²) in [6.45, 7) is 13.4. The highest BCUT2D eigenvalue weighted by atomic mass is 16.5. The molecule has 0 saturated heterocycles. The number of ether oxygens (including phenoxy) is 1. The summed E-state index contributed by atoms with van der Waals surface area (Å²) >= 11 is 0. The van der Waals surface area contributed by atoms with E-state index in [1.807, 2.05) is 0 Å². The fourth-order valence-corrected chi connectivity index (χ4v) is 2.95. The maximum atomic E-state index is 5.61. The van der Waals surface area contributed by atoms with Crippen LogP contribution in [0.15, 0.2) is 18.2 Å². The molecule has 1 N–H and O–H groups in total. The van der Waals surface area contributed by atoms with E-state index < -0.39 is 0 Å². The van der Waals surface area contributed by atoms with Gasteiger partial charge in [0.25, 0.3) is 0 Å². The van der Waals surface area contributed by atoms with Crippen LogP contribution in [0.5, 0.6) is 5.75 Å². The van der Waals surface area contributed by atoms with E-state index in [1.54, 1.807) is 7.11 Å². The Bertz CT molecular complexity index is 414. The molecular weight excluding hydrogens is 258 g/mol. The van der Waals surface area contributed by atoms with Gasteiger partial charge in [0.05, 0.1) is 7.11 Å². The van der Waals surface area contributed by atoms with Gasteiger partial charge in [-0.3, -0.25) is 0 Å². The van der Waals surface area contributed by atoms with Crippen molar-refractivity contribution < 1.29 is 4.74 Å². The number of hydrogen-bond acceptors (Lipinski definition) is 2. The number of aryl methyl sites for hydroxylation is 1. The Hall–Kier alpha value is -1.02. The fraction of sp³-hybridized carbons (Fsp3) is 0.684. The van der Waals surface area contributed by atoms with Gasteiger partial charge < -0.3 is 10.1 Å². The second-order valence-electron chi connectivity index (χ2n) is 6.67. The molecule has 0 saturated carbocycles. The number of methoxy groups -OCH3 is 1. The highest BCUT2D eigenvalue weighted by molar-refractivity contribution is 5.40. The zero-order chi connectivity index (χ0) is 15.8. The highest BCUT2D eigenvalue weighted by Crippen LogP contribution is 2.34. The quantitative estimate of drug-likeness (QED) is 0.707. The Morgan fingerprint density at radius 2 is 1.86 bits per heavy atom. The Labute approximate surface area is 131 Å². The van der Waals surface area contributed by atoms with Crippen LogP contribution >= 0.6 is 0 Å². The molecule has 0 aliphatic rings. The van der Waals surface area contributed by atoms with E-state index in [-0.39, 0.29) is 0 Å². The molecule has 0 radical (unpaired) electrons. The summed E-state index contributed by atoms with van der Waals surface area (Å²) in [4.78, 5) is 0. The Morgan fingerprint density at radius 3 is 2.43 bits per heavy atom. The number of rotatable bonds is 9. The van der Waals surface area contributed by atoms with Gasteiger partial charge in [0, 0.05) is 12.5 Å². The SMILES string of the molecule is CCCC(C)C(CNCC(C)C)c1cc(C)ccc1OC. The van der Waals surface area contributed by atoms with Crippen LogP contribution in [0.2, 0.25) is 0 Å². The monoisotopic (exact) mass is 291 g/mol. The minimum Gasteiger partial charge on any atom is -0.496 e. The van der Waals surface area contributed by atoms with Crippen molar-refractivity contribution in [1.29, 1.82) is 0 Å². The third-order valence-corrected chi connectivity index (χ3v) is 4.13. The van der Waals surface area contributed by atoms with E-state index >= 15 is 0 Å². The van der Waals surface area contributed by atoms with Crippen molar-refractivity contribution >= 4 is 0 Å². The predicted molar refractivity (Wildman–Crippen MR) is 92.3 cm³/mol. The summed E-state index contributed by atoms with van der Waals surface area (Å²) in [5, 5.41) is 3.64. The van der Waals surface area contributed by atoms with Gasteiger partial charge in [-0.1, -0.05) is 58.2 Å². The lowest BCUT2D eigenvalue weighted by atomic mass is 9.83. The van der Waals surface area contributed by atoms with E-state index in [9.17, 15) is 0 Å². The molecule has 0 fully saturated rings. The molecule has 2 nitrogen and oxygen atoms in total. The summed E-state index contributed by atoms with van der Waals surface area (Å²) in [6, 6.07) is 6.54. The average molecular weight is 291 g/mol. The standard InChI is InChI=1S/C19H33NO/c1-7-8-16(5)18(13-20-12-14(2)3)17-11-15(4)9-10-19(17)21-6/h9-11,14,16,18,20H,7-8,12-13H2,1-6H3. The molecule has 0 heterocycles. The first-order valence-corrected chi connectivity index (χ1v) is 8.34. The molecule has 21 heavy (non-hydrogen) atoms. The van der Waals surface area contributed by atoms with Gasteiger partial charge in [-0.15, -0.1) is 0 Å². The molecule has 120 valence electrons. The molecule has 0 aromatic heterocycles. The van der Waals surface area contributed by atoms with Crippen LogP contribution in [0, 0.1) is 18.8 Å². The van der Waals surface area contributed by atoms with Crippen LogP contribution in [0.3, 0.4) is 0 Å². The van der Waals surface area contributed by atoms with Gasteiger partial charge in [-0.25, -0.2) is 0 Å². The molecule has 2 unspecified atom stereocenters. The predicted octanol–water partition coefficient (Wildman–Crippen LogP) is 4.77. The normalized spacial score (nSPS) is 14.2. The van der Waals surface area contributed by atoms with Crippen LogP contribution in [0.1, 0.15) is 57.6 Å². The van der Waals surface area contributed by atoms with Gasteiger partial charge >= 0.3 is 0 Å². The minimum atomic E-state index is 0.513. The van der Waals surface area contributed by atoms with Gasteiger partial charge in [0.15, 0.2) is 0 Å². The molecule has 1 aromatic rings. The summed E-state index contributed by atoms with van der Waals surface area (Å²) in [7, 11) is 1.78. The molecule has 0 aliphatic carbocycles. The smallest absolute Gasteiger partial charge is 0.122 e.